The summed E-state index contributed by atoms with van der Waals surface area (Å²) in [6.07, 6.45) is 4.24. The molecule has 0 atom stereocenters. The highest BCUT2D eigenvalue weighted by Gasteiger charge is 2.05. The molecule has 2 rings (SSSR count). The molecule has 0 saturated carbocycles. The van der Waals surface area contributed by atoms with Crippen molar-refractivity contribution in [2.75, 3.05) is 26.3 Å². The number of aliphatic imine (C=N–C) groups is 1. The second-order valence-electron chi connectivity index (χ2n) is 6.39. The summed E-state index contributed by atoms with van der Waals surface area (Å²) in [6, 6.07) is 4.24. The zero-order valence-corrected chi connectivity index (χ0v) is 20.3. The number of ether oxygens (including phenoxy) is 1. The highest BCUT2D eigenvalue weighted by Crippen LogP contribution is 2.08. The molecule has 0 bridgehead atoms. The summed E-state index contributed by atoms with van der Waals surface area (Å²) in [7, 11) is 1.96. The molecule has 0 aromatic carbocycles. The van der Waals surface area contributed by atoms with Crippen LogP contribution in [-0.2, 0) is 24.8 Å². The third-order valence-corrected chi connectivity index (χ3v) is 5.14. The van der Waals surface area contributed by atoms with Gasteiger partial charge >= 0.3 is 0 Å². The Bertz CT molecular complexity index is 674. The molecule has 2 N–H and O–H groups in total. The average Bonchev–Trinajstić information content (AvgIpc) is 3.29. The summed E-state index contributed by atoms with van der Waals surface area (Å²) in [5, 5.41) is 17.2. The average molecular weight is 520 g/mol. The lowest BCUT2D eigenvalue weighted by atomic mass is 10.3. The van der Waals surface area contributed by atoms with Gasteiger partial charge in [-0.3, -0.25) is 0 Å². The first-order valence-electron chi connectivity index (χ1n) is 9.68. The number of nitrogens with zero attached hydrogens (tertiary/aromatic N) is 4. The lowest BCUT2D eigenvalue weighted by Crippen LogP contribution is -2.39. The summed E-state index contributed by atoms with van der Waals surface area (Å²) in [4.78, 5) is 6.04. The molecular formula is C19H33IN6OS. The number of hydrogen-bond donors (Lipinski definition) is 2. The van der Waals surface area contributed by atoms with Crippen molar-refractivity contribution in [2.45, 2.75) is 46.1 Å². The summed E-state index contributed by atoms with van der Waals surface area (Å²) in [5.41, 5.74) is 0. The largest absolute Gasteiger partial charge is 0.381 e. The van der Waals surface area contributed by atoms with Gasteiger partial charge in [0.25, 0.3) is 0 Å². The molecule has 2 heterocycles. The Morgan fingerprint density at radius 3 is 2.68 bits per heavy atom. The molecule has 28 heavy (non-hydrogen) atoms. The lowest BCUT2D eigenvalue weighted by Gasteiger charge is -2.12. The Morgan fingerprint density at radius 2 is 2.00 bits per heavy atom. The Balaban J connectivity index is 0.00000392. The van der Waals surface area contributed by atoms with Gasteiger partial charge in [-0.1, -0.05) is 19.4 Å². The van der Waals surface area contributed by atoms with Crippen molar-refractivity contribution in [2.24, 2.45) is 12.0 Å². The first-order chi connectivity index (χ1) is 13.2. The van der Waals surface area contributed by atoms with Gasteiger partial charge in [-0.25, -0.2) is 4.99 Å². The zero-order valence-electron chi connectivity index (χ0n) is 17.1. The number of aryl methyl sites for hydroxylation is 1. The fraction of sp³-hybridized carbons (Fsp3) is 0.632. The summed E-state index contributed by atoms with van der Waals surface area (Å²) in [5.74, 6) is 2.56. The van der Waals surface area contributed by atoms with Gasteiger partial charge in [-0.15, -0.1) is 45.5 Å². The van der Waals surface area contributed by atoms with Gasteiger partial charge < -0.3 is 19.9 Å². The summed E-state index contributed by atoms with van der Waals surface area (Å²) in [6.45, 7) is 7.91. The minimum Gasteiger partial charge on any atom is -0.381 e. The molecule has 0 aliphatic carbocycles. The molecule has 158 valence electrons. The van der Waals surface area contributed by atoms with Crippen LogP contribution in [0.25, 0.3) is 0 Å². The van der Waals surface area contributed by atoms with Gasteiger partial charge in [0.2, 0.25) is 0 Å². The molecule has 0 radical (unpaired) electrons. The highest BCUT2D eigenvalue weighted by atomic mass is 127. The minimum atomic E-state index is 0. The molecule has 2 aromatic rings. The molecule has 7 nitrogen and oxygen atoms in total. The van der Waals surface area contributed by atoms with E-state index in [4.69, 9.17) is 4.74 Å². The molecule has 0 unspecified atom stereocenters. The van der Waals surface area contributed by atoms with Crippen molar-refractivity contribution in [3.63, 3.8) is 0 Å². The second kappa shape index (κ2) is 14.7. The van der Waals surface area contributed by atoms with E-state index in [0.717, 1.165) is 63.2 Å². The van der Waals surface area contributed by atoms with E-state index in [1.54, 1.807) is 11.3 Å². The topological polar surface area (TPSA) is 76.4 Å². The van der Waals surface area contributed by atoms with Crippen LogP contribution in [0, 0.1) is 6.92 Å². The van der Waals surface area contributed by atoms with Gasteiger partial charge in [0.1, 0.15) is 12.4 Å². The van der Waals surface area contributed by atoms with Crippen molar-refractivity contribution in [1.82, 2.24) is 25.4 Å². The van der Waals surface area contributed by atoms with Crippen LogP contribution in [0.15, 0.2) is 22.5 Å². The molecule has 0 aliphatic rings. The van der Waals surface area contributed by atoms with Gasteiger partial charge in [0.15, 0.2) is 11.8 Å². The van der Waals surface area contributed by atoms with E-state index >= 15 is 0 Å². The SMILES string of the molecule is CCCCOCCCNC(=NCc1nnc(C)n1C)NCCc1cccs1.I. The lowest BCUT2D eigenvalue weighted by molar-refractivity contribution is 0.129. The van der Waals surface area contributed by atoms with Crippen LogP contribution in [0.2, 0.25) is 0 Å². The van der Waals surface area contributed by atoms with Crippen molar-refractivity contribution in [1.29, 1.82) is 0 Å². The van der Waals surface area contributed by atoms with Gasteiger partial charge in [0, 0.05) is 38.2 Å². The number of nitrogens with one attached hydrogen (secondary N) is 2. The number of rotatable bonds is 12. The second-order valence-corrected chi connectivity index (χ2v) is 7.42. The summed E-state index contributed by atoms with van der Waals surface area (Å²) < 4.78 is 7.58. The predicted octanol–water partition coefficient (Wildman–Crippen LogP) is 3.29. The van der Waals surface area contributed by atoms with Crippen LogP contribution < -0.4 is 10.6 Å². The number of unbranched alkanes of at least 4 members (excludes halogenated alkanes) is 1. The first-order valence-corrected chi connectivity index (χ1v) is 10.6. The number of halogens is 1. The van der Waals surface area contributed by atoms with Crippen LogP contribution in [0.4, 0.5) is 0 Å². The number of guanidine groups is 1. The Kier molecular flexibility index (Phi) is 13.1. The maximum atomic E-state index is 5.61. The van der Waals surface area contributed by atoms with Gasteiger partial charge in [0.05, 0.1) is 0 Å². The van der Waals surface area contributed by atoms with E-state index in [0.29, 0.717) is 6.54 Å². The smallest absolute Gasteiger partial charge is 0.191 e. The van der Waals surface area contributed by atoms with E-state index in [-0.39, 0.29) is 24.0 Å². The number of hydrogen-bond acceptors (Lipinski definition) is 5. The molecule has 2 aromatic heterocycles. The quantitative estimate of drug-likeness (QED) is 0.195. The van der Waals surface area contributed by atoms with E-state index in [9.17, 15) is 0 Å². The molecular weight excluding hydrogens is 487 g/mol. The van der Waals surface area contributed by atoms with Crippen molar-refractivity contribution >= 4 is 41.3 Å². The van der Waals surface area contributed by atoms with Crippen LogP contribution in [0.5, 0.6) is 0 Å². The maximum Gasteiger partial charge on any atom is 0.191 e. The van der Waals surface area contributed by atoms with Crippen LogP contribution in [0.3, 0.4) is 0 Å². The van der Waals surface area contributed by atoms with Crippen LogP contribution >= 0.6 is 35.3 Å². The fourth-order valence-electron chi connectivity index (χ4n) is 2.40. The predicted molar refractivity (Wildman–Crippen MR) is 127 cm³/mol. The Morgan fingerprint density at radius 1 is 1.21 bits per heavy atom. The number of aromatic nitrogens is 3. The van der Waals surface area contributed by atoms with Gasteiger partial charge in [-0.2, -0.15) is 0 Å². The zero-order chi connectivity index (χ0) is 19.3. The van der Waals surface area contributed by atoms with Gasteiger partial charge in [-0.05, 0) is 37.6 Å². The van der Waals surface area contributed by atoms with Crippen molar-refractivity contribution in [3.05, 3.63) is 34.0 Å². The third kappa shape index (κ3) is 9.33. The Hall–Kier alpha value is -1.20. The normalized spacial score (nSPS) is 11.3. The third-order valence-electron chi connectivity index (χ3n) is 4.21. The molecule has 0 aliphatic heterocycles. The van der Waals surface area contributed by atoms with Crippen molar-refractivity contribution in [3.8, 4) is 0 Å². The van der Waals surface area contributed by atoms with E-state index in [2.05, 4.69) is 50.3 Å². The fourth-order valence-corrected chi connectivity index (χ4v) is 3.11. The van der Waals surface area contributed by atoms with Crippen molar-refractivity contribution < 1.29 is 4.74 Å². The minimum absolute atomic E-state index is 0. The number of thiophene rings is 1. The molecule has 0 spiro atoms. The molecule has 0 amide bonds. The van der Waals surface area contributed by atoms with E-state index < -0.39 is 0 Å². The monoisotopic (exact) mass is 520 g/mol. The highest BCUT2D eigenvalue weighted by molar-refractivity contribution is 14.0. The van der Waals surface area contributed by atoms with Crippen LogP contribution in [0.1, 0.15) is 42.7 Å². The Labute approximate surface area is 189 Å². The first kappa shape index (κ1) is 24.8. The van der Waals surface area contributed by atoms with Crippen LogP contribution in [-0.4, -0.2) is 47.0 Å². The molecule has 9 heteroatoms. The maximum absolute atomic E-state index is 5.61. The molecule has 0 saturated heterocycles. The standard InChI is InChI=1S/C19H32N6OS.HI/c1-4-5-12-26-13-7-10-20-19(21-11-9-17-8-6-14-27-17)22-15-18-24-23-16(2)25(18)3;/h6,8,14H,4-5,7,9-13,15H2,1-3H3,(H2,20,21,22);1H. The van der Waals surface area contributed by atoms with E-state index in [1.807, 2.05) is 18.5 Å². The summed E-state index contributed by atoms with van der Waals surface area (Å²) >= 11 is 1.78. The van der Waals surface area contributed by atoms with E-state index in [1.165, 1.54) is 11.3 Å². The molecule has 0 fully saturated rings.